The van der Waals surface area contributed by atoms with Gasteiger partial charge in [0.25, 0.3) is 0 Å². The normalized spacial score (nSPS) is 45.0. The van der Waals surface area contributed by atoms with Gasteiger partial charge in [-0.2, -0.15) is 0 Å². The van der Waals surface area contributed by atoms with Crippen LogP contribution in [0.5, 0.6) is 0 Å². The quantitative estimate of drug-likeness (QED) is 0.536. The number of hydrogen-bond donors (Lipinski definition) is 3. The number of hydrogen-bond acceptors (Lipinski definition) is 4. The van der Waals surface area contributed by atoms with Crippen LogP contribution < -0.4 is 0 Å². The van der Waals surface area contributed by atoms with Gasteiger partial charge in [0.05, 0.1) is 12.7 Å². The molecule has 112 valence electrons. The lowest BCUT2D eigenvalue weighted by Gasteiger charge is -2.49. The largest absolute Gasteiger partial charge is 0.478 e. The van der Waals surface area contributed by atoms with E-state index in [1.807, 2.05) is 6.92 Å². The van der Waals surface area contributed by atoms with Crippen LogP contribution in [0.4, 0.5) is 0 Å². The molecular formula is C15H22O5. The van der Waals surface area contributed by atoms with Crippen molar-refractivity contribution in [2.75, 3.05) is 6.61 Å². The van der Waals surface area contributed by atoms with Crippen LogP contribution in [0.2, 0.25) is 0 Å². The maximum absolute atomic E-state index is 11.1. The number of ether oxygens (including phenoxy) is 1. The van der Waals surface area contributed by atoms with Gasteiger partial charge in [-0.25, -0.2) is 4.79 Å². The second kappa shape index (κ2) is 4.69. The van der Waals surface area contributed by atoms with Crippen molar-refractivity contribution in [3.63, 3.8) is 0 Å². The van der Waals surface area contributed by atoms with Crippen LogP contribution in [-0.4, -0.2) is 45.2 Å². The summed E-state index contributed by atoms with van der Waals surface area (Å²) in [5, 5.41) is 29.7. The fourth-order valence-electron chi connectivity index (χ4n) is 3.52. The van der Waals surface area contributed by atoms with Crippen LogP contribution in [-0.2, 0) is 9.53 Å². The number of aliphatic hydroxyl groups excluding tert-OH is 1. The van der Waals surface area contributed by atoms with Gasteiger partial charge in [0.2, 0.25) is 0 Å². The maximum atomic E-state index is 11.1. The molecule has 1 heterocycles. The van der Waals surface area contributed by atoms with Crippen molar-refractivity contribution in [1.29, 1.82) is 0 Å². The zero-order valence-electron chi connectivity index (χ0n) is 12.1. The van der Waals surface area contributed by atoms with Crippen LogP contribution in [0.3, 0.4) is 0 Å². The Hall–Kier alpha value is -1.17. The van der Waals surface area contributed by atoms with Gasteiger partial charge in [-0.1, -0.05) is 13.0 Å². The number of carboxylic acids is 1. The summed E-state index contributed by atoms with van der Waals surface area (Å²) in [5.41, 5.74) is -2.09. The van der Waals surface area contributed by atoms with Crippen molar-refractivity contribution in [3.05, 3.63) is 23.8 Å². The lowest BCUT2D eigenvalue weighted by Crippen LogP contribution is -2.60. The summed E-state index contributed by atoms with van der Waals surface area (Å²) in [4.78, 5) is 10.6. The molecule has 0 spiro atoms. The standard InChI is InChI=1S/C15H22O5/c1-10(6-12(17)18)4-5-15(19)13(2)7-11(16)8-14(15,3)20-9-13/h4-6,11,16,19H,7-9H2,1-3H3,(H,17,18)/t11-,13-,14-,15-/m0/s1. The molecule has 20 heavy (non-hydrogen) atoms. The fraction of sp³-hybridized carbons (Fsp3) is 0.667. The molecule has 1 aliphatic heterocycles. The van der Waals surface area contributed by atoms with E-state index in [1.165, 1.54) is 0 Å². The molecule has 0 aromatic heterocycles. The van der Waals surface area contributed by atoms with E-state index >= 15 is 0 Å². The first-order valence-corrected chi connectivity index (χ1v) is 6.77. The Morgan fingerprint density at radius 3 is 2.55 bits per heavy atom. The highest BCUT2D eigenvalue weighted by atomic mass is 16.5. The summed E-state index contributed by atoms with van der Waals surface area (Å²) < 4.78 is 5.77. The number of fused-ring (bicyclic) bond motifs is 2. The minimum absolute atomic E-state index is 0.366. The van der Waals surface area contributed by atoms with Crippen molar-refractivity contribution >= 4 is 5.97 Å². The monoisotopic (exact) mass is 282 g/mol. The number of allylic oxidation sites excluding steroid dienone is 2. The molecule has 4 atom stereocenters. The first-order valence-electron chi connectivity index (χ1n) is 6.77. The van der Waals surface area contributed by atoms with Gasteiger partial charge in [-0.15, -0.1) is 0 Å². The summed E-state index contributed by atoms with van der Waals surface area (Å²) in [6, 6.07) is 0. The Bertz CT molecular complexity index is 461. The summed E-state index contributed by atoms with van der Waals surface area (Å²) in [6.07, 6.45) is 4.66. The van der Waals surface area contributed by atoms with Gasteiger partial charge >= 0.3 is 5.97 Å². The van der Waals surface area contributed by atoms with Crippen molar-refractivity contribution in [1.82, 2.24) is 0 Å². The smallest absolute Gasteiger partial charge is 0.328 e. The lowest BCUT2D eigenvalue weighted by molar-refractivity contribution is -0.150. The predicted molar refractivity (Wildman–Crippen MR) is 73.2 cm³/mol. The molecule has 0 aromatic rings. The maximum Gasteiger partial charge on any atom is 0.328 e. The molecule has 1 saturated carbocycles. The van der Waals surface area contributed by atoms with Crippen LogP contribution in [0.15, 0.2) is 23.8 Å². The molecule has 0 radical (unpaired) electrons. The van der Waals surface area contributed by atoms with Crippen molar-refractivity contribution in [3.8, 4) is 0 Å². The molecule has 0 amide bonds. The summed E-state index contributed by atoms with van der Waals surface area (Å²) in [7, 11) is 0. The first kappa shape index (κ1) is 15.2. The minimum Gasteiger partial charge on any atom is -0.478 e. The van der Waals surface area contributed by atoms with E-state index in [-0.39, 0.29) is 0 Å². The van der Waals surface area contributed by atoms with Crippen molar-refractivity contribution in [2.45, 2.75) is 50.9 Å². The Morgan fingerprint density at radius 2 is 2.00 bits per heavy atom. The number of carbonyl (C=O) groups is 1. The lowest BCUT2D eigenvalue weighted by atomic mass is 9.59. The number of aliphatic carboxylic acids is 1. The predicted octanol–water partition coefficient (Wildman–Crippen LogP) is 1.25. The molecule has 2 aliphatic rings. The van der Waals surface area contributed by atoms with E-state index in [2.05, 4.69) is 0 Å². The minimum atomic E-state index is -1.22. The fourth-order valence-corrected chi connectivity index (χ4v) is 3.52. The Kier molecular flexibility index (Phi) is 3.57. The highest BCUT2D eigenvalue weighted by Crippen LogP contribution is 2.57. The van der Waals surface area contributed by atoms with Gasteiger partial charge < -0.3 is 20.1 Å². The zero-order chi connectivity index (χ0) is 15.2. The van der Waals surface area contributed by atoms with Crippen molar-refractivity contribution < 1.29 is 24.9 Å². The molecule has 1 saturated heterocycles. The Labute approximate surface area is 118 Å². The van der Waals surface area contributed by atoms with Gasteiger partial charge in [-0.05, 0) is 31.9 Å². The highest BCUT2D eigenvalue weighted by molar-refractivity contribution is 5.81. The molecule has 1 aliphatic carbocycles. The second-order valence-electron chi connectivity index (χ2n) is 6.47. The summed E-state index contributed by atoms with van der Waals surface area (Å²) in [5.74, 6) is -1.02. The molecule has 2 rings (SSSR count). The number of aliphatic hydroxyl groups is 2. The third kappa shape index (κ3) is 2.20. The molecular weight excluding hydrogens is 260 g/mol. The second-order valence-corrected chi connectivity index (χ2v) is 6.47. The molecule has 2 fully saturated rings. The topological polar surface area (TPSA) is 87.0 Å². The molecule has 0 unspecified atom stereocenters. The molecule has 5 nitrogen and oxygen atoms in total. The van der Waals surface area contributed by atoms with Crippen LogP contribution in [0.1, 0.15) is 33.6 Å². The van der Waals surface area contributed by atoms with Crippen LogP contribution in [0.25, 0.3) is 0 Å². The van der Waals surface area contributed by atoms with Gasteiger partial charge in [-0.3, -0.25) is 0 Å². The number of rotatable bonds is 3. The average molecular weight is 282 g/mol. The Balaban J connectivity index is 2.34. The van der Waals surface area contributed by atoms with Crippen LogP contribution in [0, 0.1) is 5.41 Å². The molecule has 2 bridgehead atoms. The highest BCUT2D eigenvalue weighted by Gasteiger charge is 2.67. The van der Waals surface area contributed by atoms with Gasteiger partial charge in [0.1, 0.15) is 11.2 Å². The van der Waals surface area contributed by atoms with E-state index in [1.54, 1.807) is 26.0 Å². The molecule has 3 N–H and O–H groups in total. The van der Waals surface area contributed by atoms with E-state index in [0.717, 1.165) is 6.08 Å². The third-order valence-electron chi connectivity index (χ3n) is 4.69. The summed E-state index contributed by atoms with van der Waals surface area (Å²) in [6.45, 7) is 5.73. The Morgan fingerprint density at radius 1 is 1.35 bits per heavy atom. The van der Waals surface area contributed by atoms with Gasteiger partial charge in [0.15, 0.2) is 0 Å². The zero-order valence-corrected chi connectivity index (χ0v) is 12.1. The summed E-state index contributed by atoms with van der Waals surface area (Å²) >= 11 is 0. The van der Waals surface area contributed by atoms with E-state index < -0.39 is 28.7 Å². The molecule has 0 aromatic carbocycles. The van der Waals surface area contributed by atoms with E-state index in [0.29, 0.717) is 25.0 Å². The van der Waals surface area contributed by atoms with Crippen molar-refractivity contribution in [2.24, 2.45) is 5.41 Å². The van der Waals surface area contributed by atoms with Crippen LogP contribution >= 0.6 is 0 Å². The average Bonchev–Trinajstić information content (AvgIpc) is 2.43. The molecule has 5 heteroatoms. The van der Waals surface area contributed by atoms with E-state index in [9.17, 15) is 15.0 Å². The number of carboxylic acid groups (broad SMARTS) is 1. The third-order valence-corrected chi connectivity index (χ3v) is 4.69. The SMILES string of the molecule is CC(C=C[C@]1(O)[C@]2(C)CO[C@@]1(C)C[C@@H](O)C2)=CC(=O)O. The van der Waals surface area contributed by atoms with Gasteiger partial charge in [0, 0.05) is 17.9 Å². The first-order chi connectivity index (χ1) is 9.12. The van der Waals surface area contributed by atoms with E-state index in [4.69, 9.17) is 9.84 Å².